The molecule has 0 unspecified atom stereocenters. The molecule has 0 amide bonds. The van der Waals surface area contributed by atoms with Gasteiger partial charge in [-0.15, -0.1) is 0 Å². The van der Waals surface area contributed by atoms with E-state index in [1.165, 1.54) is 92.8 Å². The van der Waals surface area contributed by atoms with Gasteiger partial charge in [-0.25, -0.2) is 0 Å². The van der Waals surface area contributed by atoms with Crippen molar-refractivity contribution >= 4 is 17.9 Å². The normalized spacial score (nSPS) is 32.0. The third kappa shape index (κ3) is 6.02. The van der Waals surface area contributed by atoms with Gasteiger partial charge >= 0.3 is 0 Å². The van der Waals surface area contributed by atoms with Gasteiger partial charge in [0.2, 0.25) is 0 Å². The van der Waals surface area contributed by atoms with E-state index < -0.39 is 0 Å². The molecule has 9 rings (SSSR count). The summed E-state index contributed by atoms with van der Waals surface area (Å²) in [7, 11) is 0. The highest BCUT2D eigenvalue weighted by Gasteiger charge is 2.51. The van der Waals surface area contributed by atoms with E-state index in [2.05, 4.69) is 118 Å². The summed E-state index contributed by atoms with van der Waals surface area (Å²) >= 11 is 0. The third-order valence-corrected chi connectivity index (χ3v) is 14.3. The third-order valence-electron chi connectivity index (χ3n) is 14.3. The fourth-order valence-electron chi connectivity index (χ4n) is 11.6. The maximum absolute atomic E-state index is 4.16. The Balaban J connectivity index is 1.13. The topological polar surface area (TPSA) is 15.3 Å². The maximum atomic E-state index is 4.16. The summed E-state index contributed by atoms with van der Waals surface area (Å²) in [5.74, 6) is 2.89. The second-order valence-electron chi connectivity index (χ2n) is 18.3. The van der Waals surface area contributed by atoms with E-state index in [0.717, 1.165) is 30.7 Å². The molecule has 2 aliphatic heterocycles. The van der Waals surface area contributed by atoms with Crippen LogP contribution < -0.4 is 10.8 Å². The smallest absolute Gasteiger partial charge is 0.176 e. The molecule has 1 saturated heterocycles. The van der Waals surface area contributed by atoms with Gasteiger partial charge in [-0.1, -0.05) is 126 Å². The van der Waals surface area contributed by atoms with Crippen molar-refractivity contribution < 1.29 is 0 Å². The maximum Gasteiger partial charge on any atom is 0.176 e. The Labute approximate surface area is 286 Å². The molecule has 5 fully saturated rings. The van der Waals surface area contributed by atoms with Crippen molar-refractivity contribution in [3.05, 3.63) is 95.1 Å². The lowest BCUT2D eigenvalue weighted by Crippen LogP contribution is -2.54. The average Bonchev–Trinajstić information content (AvgIpc) is 3.26. The molecule has 248 valence electrons. The Hall–Kier alpha value is -2.52. The molecule has 47 heavy (non-hydrogen) atoms. The summed E-state index contributed by atoms with van der Waals surface area (Å²) in [4.78, 5) is 2.87. The van der Waals surface area contributed by atoms with Crippen molar-refractivity contribution in [2.45, 2.75) is 136 Å². The first-order chi connectivity index (χ1) is 22.6. The quantitative estimate of drug-likeness (QED) is 0.238. The van der Waals surface area contributed by atoms with Crippen LogP contribution in [0.4, 0.5) is 5.69 Å². The molecule has 4 saturated carbocycles. The van der Waals surface area contributed by atoms with Crippen molar-refractivity contribution in [3.8, 4) is 0 Å². The van der Waals surface area contributed by atoms with Gasteiger partial charge in [-0.2, -0.15) is 0 Å². The highest BCUT2D eigenvalue weighted by Crippen LogP contribution is 2.57. The van der Waals surface area contributed by atoms with Crippen LogP contribution in [0.3, 0.4) is 0 Å². The van der Waals surface area contributed by atoms with Gasteiger partial charge in [0.15, 0.2) is 6.71 Å². The van der Waals surface area contributed by atoms with Gasteiger partial charge < -0.3 is 5.32 Å². The van der Waals surface area contributed by atoms with Crippen LogP contribution in [-0.2, 0) is 13.0 Å². The fraction of sp³-hybridized carbons (Fsp3) is 0.591. The van der Waals surface area contributed by atoms with Gasteiger partial charge in [0.25, 0.3) is 0 Å². The monoisotopic (exact) mass is 626 g/mol. The molecule has 3 heteroatoms. The Bertz CT molecular complexity index is 1500. The van der Waals surface area contributed by atoms with Crippen molar-refractivity contribution in [3.63, 3.8) is 0 Å². The summed E-state index contributed by atoms with van der Waals surface area (Å²) in [6.07, 6.45) is 16.2. The molecule has 3 aromatic carbocycles. The van der Waals surface area contributed by atoms with Crippen molar-refractivity contribution in [1.29, 1.82) is 0 Å². The number of nitrogens with one attached hydrogen (secondary N) is 1. The minimum Gasteiger partial charge on any atom is -0.380 e. The molecule has 1 N–H and O–H groups in total. The number of hydrogen-bond donors (Lipinski definition) is 1. The minimum atomic E-state index is 0.278. The molecular weight excluding hydrogens is 567 g/mol. The lowest BCUT2D eigenvalue weighted by Gasteiger charge is -2.57. The number of unbranched alkanes of at least 4 members (excludes halogenated alkanes) is 1. The lowest BCUT2D eigenvalue weighted by atomic mass is 9.42. The van der Waals surface area contributed by atoms with E-state index >= 15 is 0 Å². The summed E-state index contributed by atoms with van der Waals surface area (Å²) in [6.45, 7) is 14.0. The number of anilines is 1. The van der Waals surface area contributed by atoms with E-state index in [9.17, 15) is 0 Å². The standard InChI is InChI=1S/C44H59BN2/c1-6-7-13-39-24-36-23-37(45-29-42(2,3)43(4,5)30-45)16-19-40(36)41(47(39)28-31-11-9-8-10-12-31)35-14-17-38(18-15-35)46-44-25-32-20-33(26-44)22-34(21-32)27-44/h8-12,14-19,23,32-34,39,41,46H,6-7,13,20-22,24-30H2,1-5H3/t32?,33?,34?,39-,41-,44?/m0/s1. The predicted octanol–water partition coefficient (Wildman–Crippen LogP) is 10.5. The van der Waals surface area contributed by atoms with Gasteiger partial charge in [0.05, 0.1) is 6.04 Å². The van der Waals surface area contributed by atoms with Crippen LogP contribution in [0.15, 0.2) is 72.8 Å². The second kappa shape index (κ2) is 12.1. The average molecular weight is 627 g/mol. The van der Waals surface area contributed by atoms with Gasteiger partial charge in [0.1, 0.15) is 0 Å². The highest BCUT2D eigenvalue weighted by molar-refractivity contribution is 6.74. The first-order valence-corrected chi connectivity index (χ1v) is 19.4. The molecule has 2 nitrogen and oxygen atoms in total. The Kier molecular flexibility index (Phi) is 8.18. The van der Waals surface area contributed by atoms with E-state index in [-0.39, 0.29) is 6.04 Å². The molecule has 6 aliphatic rings. The van der Waals surface area contributed by atoms with Crippen molar-refractivity contribution in [2.75, 3.05) is 5.32 Å². The summed E-state index contributed by atoms with van der Waals surface area (Å²) < 4.78 is 0. The van der Waals surface area contributed by atoms with Crippen molar-refractivity contribution in [2.24, 2.45) is 28.6 Å². The second-order valence-corrected chi connectivity index (χ2v) is 18.3. The Morgan fingerprint density at radius 2 is 1.43 bits per heavy atom. The van der Waals surface area contributed by atoms with Gasteiger partial charge in [0, 0.05) is 23.8 Å². The van der Waals surface area contributed by atoms with Crippen LogP contribution >= 0.6 is 0 Å². The van der Waals surface area contributed by atoms with E-state index in [0.29, 0.717) is 29.1 Å². The number of nitrogens with zero attached hydrogens (tertiary/aromatic N) is 1. The molecular formula is C44H59BN2. The zero-order valence-corrected chi connectivity index (χ0v) is 30.0. The predicted molar refractivity (Wildman–Crippen MR) is 201 cm³/mol. The number of rotatable bonds is 9. The zero-order chi connectivity index (χ0) is 32.4. The minimum absolute atomic E-state index is 0.278. The van der Waals surface area contributed by atoms with Crippen LogP contribution in [0.5, 0.6) is 0 Å². The first kappa shape index (κ1) is 31.7. The van der Waals surface area contributed by atoms with E-state index in [1.54, 1.807) is 11.0 Å². The molecule has 0 spiro atoms. The van der Waals surface area contributed by atoms with Crippen LogP contribution in [0.2, 0.25) is 12.6 Å². The molecule has 2 atom stereocenters. The van der Waals surface area contributed by atoms with Crippen molar-refractivity contribution in [1.82, 2.24) is 4.90 Å². The summed E-state index contributed by atoms with van der Waals surface area (Å²) in [5.41, 5.74) is 10.0. The van der Waals surface area contributed by atoms with Crippen LogP contribution in [-0.4, -0.2) is 23.2 Å². The molecule has 4 bridgehead atoms. The number of fused-ring (bicyclic) bond motifs is 1. The van der Waals surface area contributed by atoms with Crippen LogP contribution in [0.25, 0.3) is 0 Å². The molecule has 3 aromatic rings. The number of benzene rings is 3. The highest BCUT2D eigenvalue weighted by atomic mass is 15.2. The van der Waals surface area contributed by atoms with Gasteiger partial charge in [-0.3, -0.25) is 4.90 Å². The fourth-order valence-corrected chi connectivity index (χ4v) is 11.6. The Morgan fingerprint density at radius 1 is 0.787 bits per heavy atom. The molecule has 0 radical (unpaired) electrons. The largest absolute Gasteiger partial charge is 0.380 e. The summed E-state index contributed by atoms with van der Waals surface area (Å²) in [5, 5.41) is 4.16. The molecule has 0 aromatic heterocycles. The van der Waals surface area contributed by atoms with E-state index in [4.69, 9.17) is 0 Å². The van der Waals surface area contributed by atoms with Crippen LogP contribution in [0, 0.1) is 28.6 Å². The zero-order valence-electron chi connectivity index (χ0n) is 30.0. The van der Waals surface area contributed by atoms with E-state index in [1.807, 2.05) is 0 Å². The lowest BCUT2D eigenvalue weighted by molar-refractivity contribution is 0.0107. The molecule has 2 heterocycles. The number of hydrogen-bond acceptors (Lipinski definition) is 2. The van der Waals surface area contributed by atoms with Crippen LogP contribution in [0.1, 0.15) is 121 Å². The molecule has 4 aliphatic carbocycles. The first-order valence-electron chi connectivity index (χ1n) is 19.4. The SMILES string of the molecule is CCCC[C@H]1Cc2cc(B3CC(C)(C)C(C)(C)C3)ccc2[C@H](c2ccc(NC34CC5CC(CC(C5)C3)C4)cc2)N1Cc1ccccc1. The Morgan fingerprint density at radius 3 is 2.04 bits per heavy atom. The van der Waals surface area contributed by atoms with Gasteiger partial charge in [-0.05, 0) is 114 Å². The summed E-state index contributed by atoms with van der Waals surface area (Å²) in [6, 6.07) is 29.6.